The maximum atomic E-state index is 12.8. The number of carbonyl (C=O) groups is 3. The van der Waals surface area contributed by atoms with Gasteiger partial charge in [-0.05, 0) is 37.7 Å². The van der Waals surface area contributed by atoms with Crippen LogP contribution in [0.5, 0.6) is 0 Å². The minimum atomic E-state index is -0.943. The largest absolute Gasteiger partial charge is 0.383 e. The molecule has 0 radical (unpaired) electrons. The highest BCUT2D eigenvalue weighted by molar-refractivity contribution is 6.09. The highest BCUT2D eigenvalue weighted by Gasteiger charge is 2.53. The first kappa shape index (κ1) is 19.0. The van der Waals surface area contributed by atoms with E-state index in [9.17, 15) is 19.2 Å². The van der Waals surface area contributed by atoms with E-state index in [2.05, 4.69) is 22.8 Å². The maximum absolute atomic E-state index is 12.8. The molecule has 1 aromatic heterocycles. The third kappa shape index (κ3) is 3.70. The van der Waals surface area contributed by atoms with Gasteiger partial charge >= 0.3 is 6.03 Å². The molecule has 1 aliphatic carbocycles. The molecule has 1 saturated heterocycles. The number of nitrogens with zero attached hydrogens (tertiary/aromatic N) is 3. The summed E-state index contributed by atoms with van der Waals surface area (Å²) in [7, 11) is 1.49. The predicted octanol–water partition coefficient (Wildman–Crippen LogP) is 0.0352. The summed E-state index contributed by atoms with van der Waals surface area (Å²) in [6.45, 7) is 2.55. The fourth-order valence-corrected chi connectivity index (χ4v) is 3.38. The maximum Gasteiger partial charge on any atom is 0.344 e. The van der Waals surface area contributed by atoms with Gasteiger partial charge in [0.25, 0.3) is 17.4 Å². The van der Waals surface area contributed by atoms with Crippen LogP contribution in [0, 0.1) is 5.92 Å². The molecule has 1 aliphatic heterocycles. The van der Waals surface area contributed by atoms with Gasteiger partial charge in [-0.1, -0.05) is 6.92 Å². The van der Waals surface area contributed by atoms with E-state index in [-0.39, 0.29) is 24.4 Å². The van der Waals surface area contributed by atoms with Gasteiger partial charge in [0, 0.05) is 13.2 Å². The number of nitrogens with one attached hydrogen (secondary N) is 2. The zero-order valence-electron chi connectivity index (χ0n) is 15.4. The normalized spacial score (nSPS) is 25.0. The molecule has 2 heterocycles. The third-order valence-corrected chi connectivity index (χ3v) is 5.11. The Hall–Kier alpha value is -2.75. The highest BCUT2D eigenvalue weighted by Crippen LogP contribution is 2.35. The van der Waals surface area contributed by atoms with E-state index in [1.807, 2.05) is 0 Å². The molecule has 27 heavy (non-hydrogen) atoms. The van der Waals surface area contributed by atoms with Gasteiger partial charge < -0.3 is 10.1 Å². The molecule has 0 atom stereocenters. The standard InChI is InChI=1S/C17H23N5O5/c1-11-5-7-17(8-6-11)15(25)22(16(26)18-17)20-14(24)12-3-4-13(23)21(19-12)9-10-27-2/h3-4,11H,5-10H2,1-2H3,(H,18,26)(H,20,24). The average molecular weight is 377 g/mol. The minimum Gasteiger partial charge on any atom is -0.383 e. The van der Waals surface area contributed by atoms with Crippen molar-refractivity contribution in [1.29, 1.82) is 0 Å². The van der Waals surface area contributed by atoms with Crippen molar-refractivity contribution in [3.8, 4) is 0 Å². The van der Waals surface area contributed by atoms with Crippen molar-refractivity contribution in [2.75, 3.05) is 13.7 Å². The lowest BCUT2D eigenvalue weighted by atomic mass is 9.77. The second-order valence-electron chi connectivity index (χ2n) is 7.05. The Bertz CT molecular complexity index is 812. The number of carbonyl (C=O) groups excluding carboxylic acids is 3. The molecule has 0 aromatic carbocycles. The van der Waals surface area contributed by atoms with Crippen LogP contribution >= 0.6 is 0 Å². The SMILES string of the molecule is COCCn1nc(C(=O)NN2C(=O)NC3(CCC(C)CC3)C2=O)ccc1=O. The molecule has 1 spiro atoms. The van der Waals surface area contributed by atoms with Crippen molar-refractivity contribution in [3.05, 3.63) is 28.2 Å². The van der Waals surface area contributed by atoms with Gasteiger partial charge in [0.2, 0.25) is 0 Å². The number of imide groups is 1. The van der Waals surface area contributed by atoms with Crippen LogP contribution in [0.2, 0.25) is 0 Å². The Morgan fingerprint density at radius 2 is 2.04 bits per heavy atom. The van der Waals surface area contributed by atoms with Crippen LogP contribution in [0.4, 0.5) is 4.79 Å². The number of ether oxygens (including phenoxy) is 1. The summed E-state index contributed by atoms with van der Waals surface area (Å²) in [6, 6.07) is 1.79. The zero-order chi connectivity index (χ0) is 19.6. The smallest absolute Gasteiger partial charge is 0.344 e. The van der Waals surface area contributed by atoms with E-state index in [0.29, 0.717) is 23.8 Å². The lowest BCUT2D eigenvalue weighted by Crippen LogP contribution is -2.51. The van der Waals surface area contributed by atoms with Crippen molar-refractivity contribution >= 4 is 17.8 Å². The van der Waals surface area contributed by atoms with Gasteiger partial charge in [0.1, 0.15) is 5.54 Å². The predicted molar refractivity (Wildman–Crippen MR) is 93.6 cm³/mol. The lowest BCUT2D eigenvalue weighted by Gasteiger charge is -2.33. The summed E-state index contributed by atoms with van der Waals surface area (Å²) in [4.78, 5) is 49.2. The topological polar surface area (TPSA) is 123 Å². The van der Waals surface area contributed by atoms with Crippen LogP contribution in [-0.4, -0.2) is 51.9 Å². The molecular formula is C17H23N5O5. The minimum absolute atomic E-state index is 0.0791. The molecule has 0 bridgehead atoms. The quantitative estimate of drug-likeness (QED) is 0.698. The lowest BCUT2D eigenvalue weighted by molar-refractivity contribution is -0.134. The van der Waals surface area contributed by atoms with Gasteiger partial charge in [0.15, 0.2) is 5.69 Å². The van der Waals surface area contributed by atoms with Crippen molar-refractivity contribution in [1.82, 2.24) is 25.5 Å². The number of urea groups is 1. The Labute approximate surface area is 155 Å². The number of hydrazine groups is 1. The monoisotopic (exact) mass is 377 g/mol. The van der Waals surface area contributed by atoms with Crippen LogP contribution in [0.1, 0.15) is 43.1 Å². The summed E-state index contributed by atoms with van der Waals surface area (Å²) in [6.07, 6.45) is 2.76. The zero-order valence-corrected chi connectivity index (χ0v) is 15.4. The fourth-order valence-electron chi connectivity index (χ4n) is 3.38. The van der Waals surface area contributed by atoms with Crippen molar-refractivity contribution in [2.24, 2.45) is 5.92 Å². The van der Waals surface area contributed by atoms with Gasteiger partial charge in [-0.15, -0.1) is 0 Å². The first-order valence-corrected chi connectivity index (χ1v) is 8.91. The van der Waals surface area contributed by atoms with Crippen molar-refractivity contribution < 1.29 is 19.1 Å². The Balaban J connectivity index is 1.73. The average Bonchev–Trinajstić information content (AvgIpc) is 2.88. The molecule has 10 nitrogen and oxygen atoms in total. The molecule has 2 aliphatic rings. The van der Waals surface area contributed by atoms with Crippen molar-refractivity contribution in [2.45, 2.75) is 44.7 Å². The number of hydrogen-bond acceptors (Lipinski definition) is 6. The summed E-state index contributed by atoms with van der Waals surface area (Å²) in [5.41, 5.74) is 0.901. The van der Waals surface area contributed by atoms with Gasteiger partial charge in [-0.25, -0.2) is 9.48 Å². The molecule has 4 amide bonds. The van der Waals surface area contributed by atoms with E-state index in [1.165, 1.54) is 19.2 Å². The first-order chi connectivity index (χ1) is 12.9. The second kappa shape index (κ2) is 7.47. The molecule has 3 rings (SSSR count). The number of aromatic nitrogens is 2. The first-order valence-electron chi connectivity index (χ1n) is 8.91. The molecule has 1 aromatic rings. The van der Waals surface area contributed by atoms with E-state index in [0.717, 1.165) is 17.5 Å². The number of amides is 4. The van der Waals surface area contributed by atoms with Crippen LogP contribution in [0.25, 0.3) is 0 Å². The third-order valence-electron chi connectivity index (χ3n) is 5.11. The fraction of sp³-hybridized carbons (Fsp3) is 0.588. The van der Waals surface area contributed by atoms with Gasteiger partial charge in [0.05, 0.1) is 13.2 Å². The van der Waals surface area contributed by atoms with E-state index in [4.69, 9.17) is 4.74 Å². The van der Waals surface area contributed by atoms with E-state index < -0.39 is 23.4 Å². The Kier molecular flexibility index (Phi) is 5.26. The van der Waals surface area contributed by atoms with Crippen LogP contribution < -0.4 is 16.3 Å². The highest BCUT2D eigenvalue weighted by atomic mass is 16.5. The summed E-state index contributed by atoms with van der Waals surface area (Å²) in [5, 5.41) is 7.40. The van der Waals surface area contributed by atoms with E-state index in [1.54, 1.807) is 0 Å². The molecule has 10 heteroatoms. The summed E-state index contributed by atoms with van der Waals surface area (Å²) in [5.74, 6) is -0.701. The van der Waals surface area contributed by atoms with Crippen LogP contribution in [-0.2, 0) is 16.1 Å². The molecule has 146 valence electrons. The molecule has 1 saturated carbocycles. The van der Waals surface area contributed by atoms with E-state index >= 15 is 0 Å². The number of rotatable bonds is 5. The summed E-state index contributed by atoms with van der Waals surface area (Å²) >= 11 is 0. The van der Waals surface area contributed by atoms with Gasteiger partial charge in [-0.2, -0.15) is 10.1 Å². The van der Waals surface area contributed by atoms with Crippen LogP contribution in [0.3, 0.4) is 0 Å². The van der Waals surface area contributed by atoms with Gasteiger partial charge in [-0.3, -0.25) is 19.8 Å². The Morgan fingerprint density at radius 1 is 1.33 bits per heavy atom. The molecule has 0 unspecified atom stereocenters. The Morgan fingerprint density at radius 3 is 2.70 bits per heavy atom. The summed E-state index contributed by atoms with van der Waals surface area (Å²) < 4.78 is 5.99. The molecular weight excluding hydrogens is 354 g/mol. The molecule has 2 N–H and O–H groups in total. The van der Waals surface area contributed by atoms with Crippen LogP contribution in [0.15, 0.2) is 16.9 Å². The van der Waals surface area contributed by atoms with Crippen molar-refractivity contribution in [3.63, 3.8) is 0 Å². The number of methoxy groups -OCH3 is 1. The molecule has 2 fully saturated rings. The number of hydrogen-bond donors (Lipinski definition) is 2. The second-order valence-corrected chi connectivity index (χ2v) is 7.05.